The smallest absolute Gasteiger partial charge is 0.253 e. The van der Waals surface area contributed by atoms with E-state index in [2.05, 4.69) is 27.9 Å². The Morgan fingerprint density at radius 1 is 1.42 bits per heavy atom. The Balaban J connectivity index is 1.45. The van der Waals surface area contributed by atoms with Crippen molar-refractivity contribution in [3.8, 4) is 0 Å². The summed E-state index contributed by atoms with van der Waals surface area (Å²) in [7, 11) is 4.18. The van der Waals surface area contributed by atoms with Crippen LogP contribution >= 0.6 is 0 Å². The van der Waals surface area contributed by atoms with E-state index in [1.807, 2.05) is 24.2 Å². The van der Waals surface area contributed by atoms with Gasteiger partial charge in [-0.25, -0.2) is 0 Å². The molecule has 0 unspecified atom stereocenters. The fourth-order valence-corrected chi connectivity index (χ4v) is 3.62. The third kappa shape index (κ3) is 4.53. The van der Waals surface area contributed by atoms with Gasteiger partial charge in [-0.05, 0) is 38.1 Å². The van der Waals surface area contributed by atoms with Gasteiger partial charge in [-0.2, -0.15) is 0 Å². The average molecular weight is 332 g/mol. The van der Waals surface area contributed by atoms with Gasteiger partial charge in [0.1, 0.15) is 6.10 Å². The maximum absolute atomic E-state index is 12.6. The number of ether oxygens (including phenoxy) is 1. The Hall–Kier alpha value is -1.50. The topological polar surface area (TPSA) is 48.9 Å². The lowest BCUT2D eigenvalue weighted by Crippen LogP contribution is -2.49. The van der Waals surface area contributed by atoms with Crippen LogP contribution in [0.5, 0.6) is 0 Å². The molecule has 2 aliphatic rings. The van der Waals surface area contributed by atoms with Gasteiger partial charge in [-0.1, -0.05) is 6.07 Å². The van der Waals surface area contributed by atoms with Gasteiger partial charge in [-0.15, -0.1) is 0 Å². The predicted molar refractivity (Wildman–Crippen MR) is 92.5 cm³/mol. The fourth-order valence-electron chi connectivity index (χ4n) is 3.62. The van der Waals surface area contributed by atoms with Crippen LogP contribution in [-0.4, -0.2) is 85.1 Å². The molecule has 6 nitrogen and oxygen atoms in total. The molecule has 1 aromatic heterocycles. The van der Waals surface area contributed by atoms with Crippen molar-refractivity contribution in [2.24, 2.45) is 5.92 Å². The maximum atomic E-state index is 12.6. The lowest BCUT2D eigenvalue weighted by Gasteiger charge is -2.31. The highest BCUT2D eigenvalue weighted by Crippen LogP contribution is 2.20. The van der Waals surface area contributed by atoms with Crippen molar-refractivity contribution >= 4 is 5.91 Å². The molecule has 0 spiro atoms. The summed E-state index contributed by atoms with van der Waals surface area (Å²) in [5, 5.41) is 0. The van der Waals surface area contributed by atoms with Gasteiger partial charge in [0, 0.05) is 51.7 Å². The molecule has 0 aromatic carbocycles. The van der Waals surface area contributed by atoms with Gasteiger partial charge < -0.3 is 19.4 Å². The number of rotatable bonds is 5. The number of likely N-dealkylation sites (N-methyl/N-ethyl adjacent to an activating group) is 1. The third-order valence-corrected chi connectivity index (χ3v) is 4.89. The summed E-state index contributed by atoms with van der Waals surface area (Å²) >= 11 is 0. The summed E-state index contributed by atoms with van der Waals surface area (Å²) < 4.78 is 5.67. The van der Waals surface area contributed by atoms with E-state index in [9.17, 15) is 4.79 Å². The van der Waals surface area contributed by atoms with Crippen LogP contribution in [0.1, 0.15) is 12.0 Å². The van der Waals surface area contributed by atoms with Crippen LogP contribution in [0.15, 0.2) is 24.5 Å². The minimum absolute atomic E-state index is 0.166. The first kappa shape index (κ1) is 17.3. The van der Waals surface area contributed by atoms with Gasteiger partial charge in [0.05, 0.1) is 6.61 Å². The van der Waals surface area contributed by atoms with Crippen molar-refractivity contribution in [3.63, 3.8) is 0 Å². The molecule has 2 fully saturated rings. The van der Waals surface area contributed by atoms with Crippen LogP contribution in [-0.2, 0) is 16.1 Å². The summed E-state index contributed by atoms with van der Waals surface area (Å²) in [5.41, 5.74) is 1.23. The van der Waals surface area contributed by atoms with E-state index in [0.29, 0.717) is 19.1 Å². The molecule has 6 heteroatoms. The molecule has 0 radical (unpaired) electrons. The first-order valence-electron chi connectivity index (χ1n) is 8.78. The molecule has 1 amide bonds. The van der Waals surface area contributed by atoms with E-state index in [-0.39, 0.29) is 12.0 Å². The van der Waals surface area contributed by atoms with E-state index in [4.69, 9.17) is 4.74 Å². The molecule has 0 aliphatic carbocycles. The summed E-state index contributed by atoms with van der Waals surface area (Å²) in [6.07, 6.45) is 4.51. The quantitative estimate of drug-likeness (QED) is 0.794. The van der Waals surface area contributed by atoms with Crippen molar-refractivity contribution in [1.29, 1.82) is 0 Å². The lowest BCUT2D eigenvalue weighted by molar-refractivity contribution is -0.147. The number of amides is 1. The number of carbonyl (C=O) groups excluding carboxylic acids is 1. The van der Waals surface area contributed by atoms with E-state index in [1.165, 1.54) is 5.56 Å². The summed E-state index contributed by atoms with van der Waals surface area (Å²) in [4.78, 5) is 23.3. The Morgan fingerprint density at radius 3 is 3.04 bits per heavy atom. The largest absolute Gasteiger partial charge is 0.366 e. The predicted octanol–water partition coefficient (Wildman–Crippen LogP) is 0.693. The number of hydrogen-bond donors (Lipinski definition) is 0. The molecule has 24 heavy (non-hydrogen) atoms. The van der Waals surface area contributed by atoms with Crippen molar-refractivity contribution in [2.75, 3.05) is 53.4 Å². The number of nitrogens with zero attached hydrogens (tertiary/aromatic N) is 4. The molecule has 0 saturated carbocycles. The SMILES string of the molecule is CN(Cc1cccnc1)C[C@@H]1CCN(C(=O)[C@H]2CN(C)CCO2)C1. The number of carbonyl (C=O) groups is 1. The minimum Gasteiger partial charge on any atom is -0.366 e. The number of pyridine rings is 1. The second-order valence-corrected chi connectivity index (χ2v) is 7.12. The number of hydrogen-bond acceptors (Lipinski definition) is 5. The molecule has 0 N–H and O–H groups in total. The molecule has 1 aromatic rings. The second kappa shape index (κ2) is 8.05. The van der Waals surface area contributed by atoms with Crippen molar-refractivity contribution < 1.29 is 9.53 Å². The highest BCUT2D eigenvalue weighted by atomic mass is 16.5. The molecule has 3 rings (SSSR count). The highest BCUT2D eigenvalue weighted by molar-refractivity contribution is 5.81. The molecular formula is C18H28N4O2. The van der Waals surface area contributed by atoms with Crippen molar-refractivity contribution in [1.82, 2.24) is 19.7 Å². The molecule has 2 saturated heterocycles. The van der Waals surface area contributed by atoms with Gasteiger partial charge >= 0.3 is 0 Å². The fraction of sp³-hybridized carbons (Fsp3) is 0.667. The van der Waals surface area contributed by atoms with Gasteiger partial charge in [0.25, 0.3) is 5.91 Å². The second-order valence-electron chi connectivity index (χ2n) is 7.12. The first-order chi connectivity index (χ1) is 11.6. The first-order valence-corrected chi connectivity index (χ1v) is 8.78. The molecule has 3 heterocycles. The van der Waals surface area contributed by atoms with Crippen LogP contribution in [0.25, 0.3) is 0 Å². The molecule has 2 atom stereocenters. The zero-order chi connectivity index (χ0) is 16.9. The summed E-state index contributed by atoms with van der Waals surface area (Å²) in [6, 6.07) is 4.07. The van der Waals surface area contributed by atoms with E-state index in [1.54, 1.807) is 6.20 Å². The van der Waals surface area contributed by atoms with Gasteiger partial charge in [0.2, 0.25) is 0 Å². The zero-order valence-corrected chi connectivity index (χ0v) is 14.7. The zero-order valence-electron chi connectivity index (χ0n) is 14.7. The Kier molecular flexibility index (Phi) is 5.81. The van der Waals surface area contributed by atoms with Crippen molar-refractivity contribution in [2.45, 2.75) is 19.1 Å². The Labute approximate surface area is 144 Å². The molecular weight excluding hydrogens is 304 g/mol. The lowest BCUT2D eigenvalue weighted by atomic mass is 10.1. The van der Waals surface area contributed by atoms with E-state index >= 15 is 0 Å². The number of likely N-dealkylation sites (tertiary alicyclic amines) is 1. The summed E-state index contributed by atoms with van der Waals surface area (Å²) in [6.45, 7) is 5.87. The van der Waals surface area contributed by atoms with Crippen molar-refractivity contribution in [3.05, 3.63) is 30.1 Å². The third-order valence-electron chi connectivity index (χ3n) is 4.89. The monoisotopic (exact) mass is 332 g/mol. The average Bonchev–Trinajstić information content (AvgIpc) is 3.03. The van der Waals surface area contributed by atoms with Crippen LogP contribution < -0.4 is 0 Å². The van der Waals surface area contributed by atoms with E-state index in [0.717, 1.165) is 39.1 Å². The number of aromatic nitrogens is 1. The Bertz CT molecular complexity index is 539. The summed E-state index contributed by atoms with van der Waals surface area (Å²) in [5.74, 6) is 0.705. The molecule has 2 aliphatic heterocycles. The Morgan fingerprint density at radius 2 is 2.29 bits per heavy atom. The number of morpholine rings is 1. The molecule has 132 valence electrons. The van der Waals surface area contributed by atoms with Gasteiger partial charge in [-0.3, -0.25) is 9.78 Å². The van der Waals surface area contributed by atoms with Crippen LogP contribution in [0.2, 0.25) is 0 Å². The van der Waals surface area contributed by atoms with Crippen LogP contribution in [0.3, 0.4) is 0 Å². The normalized spacial score (nSPS) is 25.4. The highest BCUT2D eigenvalue weighted by Gasteiger charge is 2.33. The maximum Gasteiger partial charge on any atom is 0.253 e. The minimum atomic E-state index is -0.282. The van der Waals surface area contributed by atoms with Crippen LogP contribution in [0, 0.1) is 5.92 Å². The van der Waals surface area contributed by atoms with Crippen LogP contribution in [0.4, 0.5) is 0 Å². The van der Waals surface area contributed by atoms with E-state index < -0.39 is 0 Å². The van der Waals surface area contributed by atoms with Gasteiger partial charge in [0.15, 0.2) is 0 Å². The standard InChI is InChI=1S/C18H28N4O2/c1-20-8-9-24-17(14-20)18(23)22-7-5-16(13-22)12-21(2)11-15-4-3-6-19-10-15/h3-4,6,10,16-17H,5,7-9,11-14H2,1-2H3/t16-,17+/m0/s1. The molecule has 0 bridgehead atoms.